The van der Waals surface area contributed by atoms with Crippen molar-refractivity contribution >= 4 is 29.2 Å². The number of nitrogen functional groups attached to an aromatic ring is 1. The van der Waals surface area contributed by atoms with Gasteiger partial charge in [-0.1, -0.05) is 12.1 Å². The van der Waals surface area contributed by atoms with Crippen LogP contribution in [-0.4, -0.2) is 22.0 Å². The molecule has 10 nitrogen and oxygen atoms in total. The summed E-state index contributed by atoms with van der Waals surface area (Å²) in [6.45, 7) is 0. The summed E-state index contributed by atoms with van der Waals surface area (Å²) in [6, 6.07) is 9.10. The minimum atomic E-state index is -0.702. The van der Waals surface area contributed by atoms with Crippen LogP contribution in [0.4, 0.5) is 17.1 Å². The average Bonchev–Trinajstić information content (AvgIpc) is 2.54. The van der Waals surface area contributed by atoms with E-state index >= 15 is 0 Å². The van der Waals surface area contributed by atoms with Crippen LogP contribution in [0.5, 0.6) is 0 Å². The largest absolute Gasteiger partial charge is 0.399 e. The molecule has 0 saturated carbocycles. The van der Waals surface area contributed by atoms with E-state index in [0.29, 0.717) is 5.56 Å². The normalized spacial score (nSPS) is 10.5. The van der Waals surface area contributed by atoms with Crippen molar-refractivity contribution in [1.82, 2.24) is 5.43 Å². The monoisotopic (exact) mass is 329 g/mol. The van der Waals surface area contributed by atoms with Crippen molar-refractivity contribution in [3.63, 3.8) is 0 Å². The molecule has 0 radical (unpaired) electrons. The fraction of sp³-hybridized carbons (Fsp3) is 0. The molecular formula is C14H11N5O5. The zero-order valence-corrected chi connectivity index (χ0v) is 12.1. The van der Waals surface area contributed by atoms with Crippen molar-refractivity contribution in [2.75, 3.05) is 5.73 Å². The van der Waals surface area contributed by atoms with Crippen molar-refractivity contribution in [2.45, 2.75) is 0 Å². The van der Waals surface area contributed by atoms with Crippen molar-refractivity contribution in [3.8, 4) is 0 Å². The molecule has 3 N–H and O–H groups in total. The third kappa shape index (κ3) is 4.10. The molecule has 0 aromatic heterocycles. The smallest absolute Gasteiger partial charge is 0.272 e. The molecule has 2 rings (SSSR count). The first kappa shape index (κ1) is 16.5. The van der Waals surface area contributed by atoms with Gasteiger partial charge in [0.25, 0.3) is 17.3 Å². The van der Waals surface area contributed by atoms with E-state index in [1.165, 1.54) is 30.5 Å². The summed E-state index contributed by atoms with van der Waals surface area (Å²) in [5, 5.41) is 25.1. The average molecular weight is 329 g/mol. The lowest BCUT2D eigenvalue weighted by Gasteiger charge is -2.02. The number of benzene rings is 2. The molecule has 0 aliphatic rings. The van der Waals surface area contributed by atoms with E-state index in [2.05, 4.69) is 10.5 Å². The van der Waals surface area contributed by atoms with Crippen LogP contribution < -0.4 is 11.2 Å². The Morgan fingerprint density at radius 2 is 1.79 bits per heavy atom. The number of anilines is 1. The van der Waals surface area contributed by atoms with Crippen molar-refractivity contribution in [1.29, 1.82) is 0 Å². The Bertz CT molecular complexity index is 849. The van der Waals surface area contributed by atoms with E-state index < -0.39 is 15.8 Å². The number of hydrogen-bond acceptors (Lipinski definition) is 7. The molecule has 0 bridgehead atoms. The first-order chi connectivity index (χ1) is 11.4. The Morgan fingerprint density at radius 3 is 2.46 bits per heavy atom. The third-order valence-electron chi connectivity index (χ3n) is 2.87. The van der Waals surface area contributed by atoms with E-state index in [9.17, 15) is 25.0 Å². The SMILES string of the molecule is Nc1cc(C(=O)N/N=C/c2cccc([N+](=O)[O-])c2)cc([N+](=O)[O-])c1. The van der Waals surface area contributed by atoms with Crippen LogP contribution >= 0.6 is 0 Å². The van der Waals surface area contributed by atoms with Gasteiger partial charge in [-0.15, -0.1) is 0 Å². The molecular weight excluding hydrogens is 318 g/mol. The predicted molar refractivity (Wildman–Crippen MR) is 85.7 cm³/mol. The van der Waals surface area contributed by atoms with Crippen LogP contribution in [0.15, 0.2) is 47.6 Å². The molecule has 2 aromatic rings. The van der Waals surface area contributed by atoms with Crippen molar-refractivity contribution < 1.29 is 14.6 Å². The molecule has 0 saturated heterocycles. The Balaban J connectivity index is 2.12. The molecule has 10 heteroatoms. The fourth-order valence-electron chi connectivity index (χ4n) is 1.82. The van der Waals surface area contributed by atoms with Gasteiger partial charge in [-0.25, -0.2) is 5.43 Å². The lowest BCUT2D eigenvalue weighted by atomic mass is 10.1. The number of carbonyl (C=O) groups is 1. The highest BCUT2D eigenvalue weighted by atomic mass is 16.6. The second-order valence-electron chi connectivity index (χ2n) is 4.62. The van der Waals surface area contributed by atoms with Gasteiger partial charge in [0, 0.05) is 35.5 Å². The molecule has 0 aliphatic carbocycles. The zero-order chi connectivity index (χ0) is 17.7. The van der Waals surface area contributed by atoms with Crippen LogP contribution in [0, 0.1) is 20.2 Å². The predicted octanol–water partition coefficient (Wildman–Crippen LogP) is 1.85. The maximum Gasteiger partial charge on any atom is 0.272 e. The second-order valence-corrected chi connectivity index (χ2v) is 4.62. The van der Waals surface area contributed by atoms with Crippen LogP contribution in [-0.2, 0) is 0 Å². The Kier molecular flexibility index (Phi) is 4.80. The van der Waals surface area contributed by atoms with Crippen molar-refractivity contribution in [2.24, 2.45) is 5.10 Å². The second kappa shape index (κ2) is 6.96. The summed E-state index contributed by atoms with van der Waals surface area (Å²) in [5.74, 6) is -0.702. The molecule has 0 aliphatic heterocycles. The number of nitro benzene ring substituents is 2. The quantitative estimate of drug-likeness (QED) is 0.369. The lowest BCUT2D eigenvalue weighted by molar-refractivity contribution is -0.385. The Hall–Kier alpha value is -3.82. The van der Waals surface area contributed by atoms with Crippen LogP contribution in [0.25, 0.3) is 0 Å². The van der Waals surface area contributed by atoms with E-state index in [0.717, 1.165) is 12.1 Å². The van der Waals surface area contributed by atoms with E-state index in [1.54, 1.807) is 6.07 Å². The van der Waals surface area contributed by atoms with Gasteiger partial charge in [-0.3, -0.25) is 25.0 Å². The maximum absolute atomic E-state index is 11.9. The number of amides is 1. The van der Waals surface area contributed by atoms with Crippen LogP contribution in [0.3, 0.4) is 0 Å². The van der Waals surface area contributed by atoms with Gasteiger partial charge < -0.3 is 5.73 Å². The minimum absolute atomic E-state index is 0.0297. The zero-order valence-electron chi connectivity index (χ0n) is 12.1. The molecule has 0 atom stereocenters. The number of rotatable bonds is 5. The van der Waals surface area contributed by atoms with Gasteiger partial charge in [0.1, 0.15) is 0 Å². The van der Waals surface area contributed by atoms with Gasteiger partial charge in [-0.05, 0) is 6.07 Å². The Morgan fingerprint density at radius 1 is 1.08 bits per heavy atom. The van der Waals surface area contributed by atoms with Crippen molar-refractivity contribution in [3.05, 3.63) is 73.8 Å². The number of carbonyl (C=O) groups excluding carboxylic acids is 1. The first-order valence-electron chi connectivity index (χ1n) is 6.49. The first-order valence-corrected chi connectivity index (χ1v) is 6.49. The molecule has 0 unspecified atom stereocenters. The highest BCUT2D eigenvalue weighted by Crippen LogP contribution is 2.18. The lowest BCUT2D eigenvalue weighted by Crippen LogP contribution is -2.18. The van der Waals surface area contributed by atoms with Gasteiger partial charge in [0.15, 0.2) is 0 Å². The number of hydrogen-bond donors (Lipinski definition) is 2. The van der Waals surface area contributed by atoms with Crippen LogP contribution in [0.2, 0.25) is 0 Å². The molecule has 122 valence electrons. The molecule has 0 fully saturated rings. The van der Waals surface area contributed by atoms with E-state index in [4.69, 9.17) is 5.73 Å². The van der Waals surface area contributed by atoms with Crippen LogP contribution in [0.1, 0.15) is 15.9 Å². The van der Waals surface area contributed by atoms with E-state index in [1.807, 2.05) is 0 Å². The Labute approximate surface area is 134 Å². The number of nitrogens with one attached hydrogen (secondary N) is 1. The number of hydrazone groups is 1. The third-order valence-corrected chi connectivity index (χ3v) is 2.87. The number of nitro groups is 2. The van der Waals surface area contributed by atoms with Gasteiger partial charge in [0.05, 0.1) is 21.6 Å². The number of nitrogens with two attached hydrogens (primary N) is 1. The molecule has 0 spiro atoms. The minimum Gasteiger partial charge on any atom is -0.399 e. The summed E-state index contributed by atoms with van der Waals surface area (Å²) in [7, 11) is 0. The highest BCUT2D eigenvalue weighted by molar-refractivity contribution is 5.96. The van der Waals surface area contributed by atoms with Gasteiger partial charge in [-0.2, -0.15) is 5.10 Å². The topological polar surface area (TPSA) is 154 Å². The fourth-order valence-corrected chi connectivity index (χ4v) is 1.82. The summed E-state index contributed by atoms with van der Waals surface area (Å²) < 4.78 is 0. The highest BCUT2D eigenvalue weighted by Gasteiger charge is 2.13. The van der Waals surface area contributed by atoms with E-state index in [-0.39, 0.29) is 22.6 Å². The molecule has 24 heavy (non-hydrogen) atoms. The number of nitrogens with zero attached hydrogens (tertiary/aromatic N) is 3. The number of non-ortho nitro benzene ring substituents is 2. The van der Waals surface area contributed by atoms with Gasteiger partial charge >= 0.3 is 0 Å². The summed E-state index contributed by atoms with van der Waals surface area (Å²) in [4.78, 5) is 32.1. The summed E-state index contributed by atoms with van der Waals surface area (Å²) >= 11 is 0. The molecule has 2 aromatic carbocycles. The summed E-state index contributed by atoms with van der Waals surface area (Å²) in [5.41, 5.74) is 7.70. The van der Waals surface area contributed by atoms with Gasteiger partial charge in [0.2, 0.25) is 0 Å². The summed E-state index contributed by atoms with van der Waals surface area (Å²) in [6.07, 6.45) is 1.21. The molecule has 0 heterocycles. The maximum atomic E-state index is 11.9. The standard InChI is InChI=1S/C14H11N5O5/c15-11-5-10(6-13(7-11)19(23)24)14(20)17-16-8-9-2-1-3-12(4-9)18(21)22/h1-8H,15H2,(H,17,20)/b16-8+. The molecule has 1 amide bonds.